The molecular formula is C14H19Cl3N2O. The van der Waals surface area contributed by atoms with Crippen LogP contribution < -0.4 is 5.32 Å². The van der Waals surface area contributed by atoms with Crippen LogP contribution in [0.15, 0.2) is 18.2 Å². The van der Waals surface area contributed by atoms with E-state index in [9.17, 15) is 4.79 Å². The molecule has 0 saturated carbocycles. The molecule has 1 aromatic rings. The van der Waals surface area contributed by atoms with Crippen LogP contribution >= 0.6 is 35.6 Å². The maximum absolute atomic E-state index is 12.2. The molecule has 1 aliphatic heterocycles. The number of nitrogens with zero attached hydrogens (tertiary/aromatic N) is 1. The van der Waals surface area contributed by atoms with Crippen LogP contribution in [-0.4, -0.2) is 37.0 Å². The van der Waals surface area contributed by atoms with Gasteiger partial charge in [-0.3, -0.25) is 4.79 Å². The number of carbonyl (C=O) groups excluding carboxylic acids is 1. The molecule has 20 heavy (non-hydrogen) atoms. The Morgan fingerprint density at radius 1 is 1.40 bits per heavy atom. The second-order valence-corrected chi connectivity index (χ2v) is 5.71. The molecule has 3 nitrogen and oxygen atoms in total. The average Bonchev–Trinajstić information content (AvgIpc) is 2.43. The van der Waals surface area contributed by atoms with Gasteiger partial charge in [0.05, 0.1) is 16.5 Å². The van der Waals surface area contributed by atoms with Crippen molar-refractivity contribution < 1.29 is 4.79 Å². The molecule has 1 unspecified atom stereocenters. The predicted octanol–water partition coefficient (Wildman–Crippen LogP) is 3.17. The van der Waals surface area contributed by atoms with Gasteiger partial charge in [-0.25, -0.2) is 0 Å². The SMILES string of the molecule is CNC1CCCN(C(=O)Cc2ccc(Cl)c(Cl)c2)C1.Cl. The molecule has 1 atom stereocenters. The van der Waals surface area contributed by atoms with E-state index in [2.05, 4.69) is 5.32 Å². The Hall–Kier alpha value is -0.480. The molecule has 1 aliphatic rings. The summed E-state index contributed by atoms with van der Waals surface area (Å²) in [4.78, 5) is 14.2. The fraction of sp³-hybridized carbons (Fsp3) is 0.500. The third kappa shape index (κ3) is 4.52. The Morgan fingerprint density at radius 3 is 2.80 bits per heavy atom. The Bertz CT molecular complexity index is 468. The summed E-state index contributed by atoms with van der Waals surface area (Å²) in [6.45, 7) is 1.63. The number of hydrogen-bond acceptors (Lipinski definition) is 2. The number of likely N-dealkylation sites (N-methyl/N-ethyl adjacent to an activating group) is 1. The summed E-state index contributed by atoms with van der Waals surface area (Å²) in [5, 5.41) is 4.26. The first-order valence-corrected chi connectivity index (χ1v) is 7.24. The molecule has 1 N–H and O–H groups in total. The van der Waals surface area contributed by atoms with E-state index >= 15 is 0 Å². The maximum Gasteiger partial charge on any atom is 0.227 e. The lowest BCUT2D eigenvalue weighted by atomic mass is 10.0. The van der Waals surface area contributed by atoms with E-state index in [1.165, 1.54) is 0 Å². The highest BCUT2D eigenvalue weighted by Gasteiger charge is 2.22. The summed E-state index contributed by atoms with van der Waals surface area (Å²) in [6, 6.07) is 5.76. The van der Waals surface area contributed by atoms with Gasteiger partial charge in [0, 0.05) is 19.1 Å². The molecule has 0 radical (unpaired) electrons. The monoisotopic (exact) mass is 336 g/mol. The van der Waals surface area contributed by atoms with Gasteiger partial charge < -0.3 is 10.2 Å². The maximum atomic E-state index is 12.2. The number of benzene rings is 1. The summed E-state index contributed by atoms with van der Waals surface area (Å²) in [5.41, 5.74) is 0.908. The van der Waals surface area contributed by atoms with Crippen LogP contribution in [0.1, 0.15) is 18.4 Å². The summed E-state index contributed by atoms with van der Waals surface area (Å²) in [6.07, 6.45) is 2.57. The number of halogens is 3. The van der Waals surface area contributed by atoms with E-state index in [4.69, 9.17) is 23.2 Å². The quantitative estimate of drug-likeness (QED) is 0.919. The second kappa shape index (κ2) is 8.08. The highest BCUT2D eigenvalue weighted by molar-refractivity contribution is 6.42. The molecule has 6 heteroatoms. The average molecular weight is 338 g/mol. The lowest BCUT2D eigenvalue weighted by molar-refractivity contribution is -0.131. The molecule has 1 saturated heterocycles. The smallest absolute Gasteiger partial charge is 0.227 e. The van der Waals surface area contributed by atoms with Crippen molar-refractivity contribution in [1.29, 1.82) is 0 Å². The zero-order valence-corrected chi connectivity index (χ0v) is 13.7. The summed E-state index contributed by atoms with van der Waals surface area (Å²) in [5.74, 6) is 0.151. The van der Waals surface area contributed by atoms with Crippen LogP contribution in [0.3, 0.4) is 0 Å². The van der Waals surface area contributed by atoms with E-state index < -0.39 is 0 Å². The number of hydrogen-bond donors (Lipinski definition) is 1. The molecule has 1 aromatic carbocycles. The van der Waals surface area contributed by atoms with Crippen LogP contribution in [0, 0.1) is 0 Å². The largest absolute Gasteiger partial charge is 0.341 e. The van der Waals surface area contributed by atoms with Crippen LogP contribution in [0.2, 0.25) is 10.0 Å². The Balaban J connectivity index is 0.00000200. The van der Waals surface area contributed by atoms with E-state index in [0.717, 1.165) is 31.5 Å². The summed E-state index contributed by atoms with van der Waals surface area (Å²) < 4.78 is 0. The van der Waals surface area contributed by atoms with Crippen LogP contribution in [0.25, 0.3) is 0 Å². The van der Waals surface area contributed by atoms with Gasteiger partial charge >= 0.3 is 0 Å². The Labute approximate surface area is 136 Å². The lowest BCUT2D eigenvalue weighted by Crippen LogP contribution is -2.47. The predicted molar refractivity (Wildman–Crippen MR) is 86.1 cm³/mol. The van der Waals surface area contributed by atoms with E-state index in [0.29, 0.717) is 22.5 Å². The molecule has 112 valence electrons. The zero-order valence-electron chi connectivity index (χ0n) is 11.4. The molecule has 0 aromatic heterocycles. The fourth-order valence-electron chi connectivity index (χ4n) is 2.38. The molecule has 0 aliphatic carbocycles. The third-order valence-corrected chi connectivity index (χ3v) is 4.26. The third-order valence-electron chi connectivity index (χ3n) is 3.52. The minimum absolute atomic E-state index is 0. The topological polar surface area (TPSA) is 32.3 Å². The standard InChI is InChI=1S/C14H18Cl2N2O.ClH/c1-17-11-3-2-6-18(9-11)14(19)8-10-4-5-12(15)13(16)7-10;/h4-5,7,11,17H,2-3,6,8-9H2,1H3;1H. The zero-order chi connectivity index (χ0) is 13.8. The number of nitrogens with one attached hydrogen (secondary N) is 1. The summed E-state index contributed by atoms with van der Waals surface area (Å²) >= 11 is 11.8. The van der Waals surface area contributed by atoms with Gasteiger partial charge in [0.15, 0.2) is 0 Å². The van der Waals surface area contributed by atoms with E-state index in [1.54, 1.807) is 12.1 Å². The molecule has 0 bridgehead atoms. The van der Waals surface area contributed by atoms with E-state index in [-0.39, 0.29) is 18.3 Å². The molecular weight excluding hydrogens is 319 g/mol. The first-order chi connectivity index (χ1) is 9.10. The van der Waals surface area contributed by atoms with Crippen molar-refractivity contribution in [2.24, 2.45) is 0 Å². The van der Waals surface area contributed by atoms with Crippen LogP contribution in [-0.2, 0) is 11.2 Å². The first-order valence-electron chi connectivity index (χ1n) is 6.49. The second-order valence-electron chi connectivity index (χ2n) is 4.89. The minimum atomic E-state index is 0. The van der Waals surface area contributed by atoms with Crippen molar-refractivity contribution in [3.63, 3.8) is 0 Å². The minimum Gasteiger partial charge on any atom is -0.341 e. The molecule has 2 rings (SSSR count). The Morgan fingerprint density at radius 2 is 2.15 bits per heavy atom. The van der Waals surface area contributed by atoms with Gasteiger partial charge in [0.25, 0.3) is 0 Å². The molecule has 1 amide bonds. The van der Waals surface area contributed by atoms with Gasteiger partial charge in [-0.1, -0.05) is 29.3 Å². The molecule has 0 spiro atoms. The number of carbonyl (C=O) groups is 1. The number of rotatable bonds is 3. The van der Waals surface area contributed by atoms with Gasteiger partial charge in [-0.05, 0) is 37.6 Å². The van der Waals surface area contributed by atoms with Crippen molar-refractivity contribution in [1.82, 2.24) is 10.2 Å². The fourth-order valence-corrected chi connectivity index (χ4v) is 2.70. The van der Waals surface area contributed by atoms with Crippen LogP contribution in [0.5, 0.6) is 0 Å². The van der Waals surface area contributed by atoms with Gasteiger partial charge in [0.1, 0.15) is 0 Å². The van der Waals surface area contributed by atoms with Crippen LogP contribution in [0.4, 0.5) is 0 Å². The van der Waals surface area contributed by atoms with Crippen molar-refractivity contribution in [3.05, 3.63) is 33.8 Å². The molecule has 1 heterocycles. The highest BCUT2D eigenvalue weighted by atomic mass is 35.5. The van der Waals surface area contributed by atoms with Crippen molar-refractivity contribution in [2.45, 2.75) is 25.3 Å². The van der Waals surface area contributed by atoms with Crippen molar-refractivity contribution >= 4 is 41.5 Å². The Kier molecular flexibility index (Phi) is 7.10. The van der Waals surface area contributed by atoms with Crippen molar-refractivity contribution in [2.75, 3.05) is 20.1 Å². The van der Waals surface area contributed by atoms with Gasteiger partial charge in [-0.15, -0.1) is 12.4 Å². The normalized spacial score (nSPS) is 18.6. The number of likely N-dealkylation sites (tertiary alicyclic amines) is 1. The van der Waals surface area contributed by atoms with Crippen molar-refractivity contribution in [3.8, 4) is 0 Å². The number of piperidine rings is 1. The highest BCUT2D eigenvalue weighted by Crippen LogP contribution is 2.23. The van der Waals surface area contributed by atoms with Gasteiger partial charge in [0.2, 0.25) is 5.91 Å². The van der Waals surface area contributed by atoms with Gasteiger partial charge in [-0.2, -0.15) is 0 Å². The first kappa shape index (κ1) is 17.6. The summed E-state index contributed by atoms with van der Waals surface area (Å²) in [7, 11) is 1.94. The number of amides is 1. The van der Waals surface area contributed by atoms with E-state index in [1.807, 2.05) is 18.0 Å². The lowest BCUT2D eigenvalue weighted by Gasteiger charge is -2.32. The molecule has 1 fully saturated rings.